The lowest BCUT2D eigenvalue weighted by atomic mass is 10.2. The molecule has 1 saturated heterocycles. The van der Waals surface area contributed by atoms with Gasteiger partial charge in [-0.3, -0.25) is 0 Å². The van der Waals surface area contributed by atoms with Crippen molar-refractivity contribution in [3.8, 4) is 0 Å². The van der Waals surface area contributed by atoms with E-state index in [0.717, 1.165) is 6.42 Å². The second-order valence-electron chi connectivity index (χ2n) is 3.61. The zero-order chi connectivity index (χ0) is 11.1. The molecule has 0 aromatic rings. The molecule has 15 heavy (non-hydrogen) atoms. The molecule has 5 nitrogen and oxygen atoms in total. The van der Waals surface area contributed by atoms with Gasteiger partial charge in [-0.1, -0.05) is 6.92 Å². The molecule has 88 valence electrons. The van der Waals surface area contributed by atoms with Crippen molar-refractivity contribution >= 4 is 6.03 Å². The van der Waals surface area contributed by atoms with Gasteiger partial charge in [-0.2, -0.15) is 0 Å². The Morgan fingerprint density at radius 2 is 2.20 bits per heavy atom. The predicted molar refractivity (Wildman–Crippen MR) is 56.9 cm³/mol. The molecule has 5 heteroatoms. The zero-order valence-electron chi connectivity index (χ0n) is 9.49. The van der Waals surface area contributed by atoms with Crippen LogP contribution >= 0.6 is 0 Å². The van der Waals surface area contributed by atoms with Crippen molar-refractivity contribution in [1.82, 2.24) is 10.2 Å². The minimum atomic E-state index is -0.0119. The number of amides is 2. The summed E-state index contributed by atoms with van der Waals surface area (Å²) in [5.41, 5.74) is 0. The van der Waals surface area contributed by atoms with Crippen LogP contribution in [0.25, 0.3) is 0 Å². The molecule has 1 atom stereocenters. The minimum Gasteiger partial charge on any atom is -0.383 e. The molecule has 1 fully saturated rings. The molecule has 0 aromatic heterocycles. The number of urea groups is 1. The van der Waals surface area contributed by atoms with Crippen molar-refractivity contribution < 1.29 is 14.3 Å². The molecule has 0 radical (unpaired) electrons. The Labute approximate surface area is 90.7 Å². The number of ether oxygens (including phenoxy) is 2. The normalized spacial score (nSPS) is 18.7. The second kappa shape index (κ2) is 6.63. The highest BCUT2D eigenvalue weighted by atomic mass is 16.5. The molecule has 2 amide bonds. The van der Waals surface area contributed by atoms with Crippen molar-refractivity contribution in [2.45, 2.75) is 19.4 Å². The van der Waals surface area contributed by atoms with Gasteiger partial charge in [0, 0.05) is 20.2 Å². The summed E-state index contributed by atoms with van der Waals surface area (Å²) in [5, 5.41) is 2.94. The van der Waals surface area contributed by atoms with Gasteiger partial charge < -0.3 is 19.7 Å². The van der Waals surface area contributed by atoms with E-state index in [9.17, 15) is 4.79 Å². The topological polar surface area (TPSA) is 50.8 Å². The maximum absolute atomic E-state index is 11.7. The van der Waals surface area contributed by atoms with E-state index in [0.29, 0.717) is 32.9 Å². The van der Waals surface area contributed by atoms with Crippen molar-refractivity contribution in [3.05, 3.63) is 0 Å². The molecule has 0 spiro atoms. The van der Waals surface area contributed by atoms with Gasteiger partial charge in [-0.05, 0) is 6.42 Å². The largest absolute Gasteiger partial charge is 0.383 e. The maximum atomic E-state index is 11.7. The van der Waals surface area contributed by atoms with Crippen LogP contribution in [0.15, 0.2) is 0 Å². The molecule has 0 bridgehead atoms. The Hall–Kier alpha value is -0.810. The highest BCUT2D eigenvalue weighted by molar-refractivity contribution is 5.74. The quantitative estimate of drug-likeness (QED) is 0.742. The zero-order valence-corrected chi connectivity index (χ0v) is 9.49. The van der Waals surface area contributed by atoms with Gasteiger partial charge in [0.15, 0.2) is 0 Å². The number of carbonyl (C=O) groups is 1. The van der Waals surface area contributed by atoms with Gasteiger partial charge in [-0.15, -0.1) is 0 Å². The van der Waals surface area contributed by atoms with Crippen LogP contribution < -0.4 is 5.32 Å². The molecule has 0 aromatic carbocycles. The lowest BCUT2D eigenvalue weighted by Crippen LogP contribution is -2.50. The van der Waals surface area contributed by atoms with Gasteiger partial charge in [0.25, 0.3) is 0 Å². The molecule has 1 heterocycles. The average molecular weight is 216 g/mol. The van der Waals surface area contributed by atoms with E-state index < -0.39 is 0 Å². The Morgan fingerprint density at radius 1 is 1.53 bits per heavy atom. The van der Waals surface area contributed by atoms with Gasteiger partial charge in [-0.25, -0.2) is 4.79 Å². The summed E-state index contributed by atoms with van der Waals surface area (Å²) < 4.78 is 10.2. The number of nitrogens with one attached hydrogen (secondary N) is 1. The average Bonchev–Trinajstić information content (AvgIpc) is 2.29. The van der Waals surface area contributed by atoms with Crippen LogP contribution in [-0.4, -0.2) is 57.0 Å². The highest BCUT2D eigenvalue weighted by Crippen LogP contribution is 1.99. The number of nitrogens with zero attached hydrogens (tertiary/aromatic N) is 1. The van der Waals surface area contributed by atoms with Crippen LogP contribution in [0, 0.1) is 0 Å². The lowest BCUT2D eigenvalue weighted by molar-refractivity contribution is 0.0512. The third-order valence-electron chi connectivity index (χ3n) is 2.49. The number of rotatable bonds is 4. The molecule has 1 aliphatic heterocycles. The molecular weight excluding hydrogens is 196 g/mol. The van der Waals surface area contributed by atoms with Crippen LogP contribution in [0.5, 0.6) is 0 Å². The fraction of sp³-hybridized carbons (Fsp3) is 0.900. The number of carbonyl (C=O) groups excluding carboxylic acids is 1. The van der Waals surface area contributed by atoms with Crippen LogP contribution in [0.1, 0.15) is 13.3 Å². The van der Waals surface area contributed by atoms with Crippen molar-refractivity contribution in [2.75, 3.05) is 40.0 Å². The Morgan fingerprint density at radius 3 is 2.73 bits per heavy atom. The second-order valence-corrected chi connectivity index (χ2v) is 3.61. The first kappa shape index (κ1) is 12.3. The van der Waals surface area contributed by atoms with Crippen LogP contribution in [0.3, 0.4) is 0 Å². The van der Waals surface area contributed by atoms with Crippen molar-refractivity contribution in [3.63, 3.8) is 0 Å². The summed E-state index contributed by atoms with van der Waals surface area (Å²) >= 11 is 0. The summed E-state index contributed by atoms with van der Waals surface area (Å²) in [5.74, 6) is 0. The smallest absolute Gasteiger partial charge is 0.317 e. The van der Waals surface area contributed by atoms with Crippen LogP contribution in [0.2, 0.25) is 0 Å². The highest BCUT2D eigenvalue weighted by Gasteiger charge is 2.18. The first-order valence-corrected chi connectivity index (χ1v) is 5.40. The number of morpholine rings is 1. The fourth-order valence-corrected chi connectivity index (χ4v) is 1.50. The van der Waals surface area contributed by atoms with Crippen LogP contribution in [-0.2, 0) is 9.47 Å². The third kappa shape index (κ3) is 4.05. The molecule has 1 N–H and O–H groups in total. The van der Waals surface area contributed by atoms with E-state index in [1.165, 1.54) is 0 Å². The van der Waals surface area contributed by atoms with E-state index >= 15 is 0 Å². The summed E-state index contributed by atoms with van der Waals surface area (Å²) in [6.45, 7) is 5.21. The van der Waals surface area contributed by atoms with Crippen molar-refractivity contribution in [2.24, 2.45) is 0 Å². The van der Waals surface area contributed by atoms with E-state index in [2.05, 4.69) is 5.32 Å². The third-order valence-corrected chi connectivity index (χ3v) is 2.49. The number of hydrogen-bond donors (Lipinski definition) is 1. The van der Waals surface area contributed by atoms with Gasteiger partial charge >= 0.3 is 6.03 Å². The number of hydrogen-bond acceptors (Lipinski definition) is 3. The monoisotopic (exact) mass is 216 g/mol. The lowest BCUT2D eigenvalue weighted by Gasteiger charge is -2.28. The molecule has 0 saturated carbocycles. The van der Waals surface area contributed by atoms with E-state index in [1.807, 2.05) is 6.92 Å². The molecule has 0 aliphatic carbocycles. The van der Waals surface area contributed by atoms with Gasteiger partial charge in [0.05, 0.1) is 25.9 Å². The minimum absolute atomic E-state index is 0.0119. The fourth-order valence-electron chi connectivity index (χ4n) is 1.50. The summed E-state index contributed by atoms with van der Waals surface area (Å²) in [4.78, 5) is 13.5. The number of methoxy groups -OCH3 is 1. The first-order valence-electron chi connectivity index (χ1n) is 5.40. The summed E-state index contributed by atoms with van der Waals surface area (Å²) in [6, 6.07) is 0.0903. The Kier molecular flexibility index (Phi) is 5.42. The molecule has 1 rings (SSSR count). The Bertz CT molecular complexity index is 193. The standard InChI is InChI=1S/C10H20N2O3/c1-3-9(8-14-2)11-10(13)12-4-6-15-7-5-12/h9H,3-8H2,1-2H3,(H,11,13). The predicted octanol–water partition coefficient (Wildman–Crippen LogP) is 0.453. The van der Waals surface area contributed by atoms with E-state index in [4.69, 9.17) is 9.47 Å². The SMILES string of the molecule is CCC(COC)NC(=O)N1CCOCC1. The Balaban J connectivity index is 2.31. The maximum Gasteiger partial charge on any atom is 0.317 e. The van der Waals surface area contributed by atoms with Gasteiger partial charge in [0.1, 0.15) is 0 Å². The summed E-state index contributed by atoms with van der Waals surface area (Å²) in [7, 11) is 1.64. The molecule has 1 unspecified atom stereocenters. The van der Waals surface area contributed by atoms with Crippen LogP contribution in [0.4, 0.5) is 4.79 Å². The molecule has 1 aliphatic rings. The molecular formula is C10H20N2O3. The first-order chi connectivity index (χ1) is 7.27. The van der Waals surface area contributed by atoms with Crippen molar-refractivity contribution in [1.29, 1.82) is 0 Å². The van der Waals surface area contributed by atoms with Gasteiger partial charge in [0.2, 0.25) is 0 Å². The van der Waals surface area contributed by atoms with E-state index in [-0.39, 0.29) is 12.1 Å². The van der Waals surface area contributed by atoms with E-state index in [1.54, 1.807) is 12.0 Å². The summed E-state index contributed by atoms with van der Waals surface area (Å²) in [6.07, 6.45) is 0.879.